The van der Waals surface area contributed by atoms with Crippen LogP contribution in [0.15, 0.2) is 132 Å². The maximum atomic E-state index is 7.99. The maximum Gasteiger partial charge on any atom is 0.241 e. The van der Waals surface area contributed by atoms with Crippen molar-refractivity contribution in [3.05, 3.63) is 139 Å². The molecule has 0 unspecified atom stereocenters. The number of rotatable bonds is 2. The molecule has 3 nitrogen and oxygen atoms in total. The van der Waals surface area contributed by atoms with Gasteiger partial charge in [-0.2, -0.15) is 0 Å². The Kier molecular flexibility index (Phi) is 5.18. The summed E-state index contributed by atoms with van der Waals surface area (Å²) in [6.07, 6.45) is 0. The summed E-state index contributed by atoms with van der Waals surface area (Å²) in [5, 5.41) is 8.24. The monoisotopic (exact) mass is 640 g/mol. The van der Waals surface area contributed by atoms with Crippen LogP contribution < -0.4 is 4.31 Å². The van der Waals surface area contributed by atoms with Gasteiger partial charge < -0.3 is 0 Å². The first-order chi connectivity index (χ1) is 24.3. The van der Waals surface area contributed by atoms with Crippen molar-refractivity contribution in [3.8, 4) is 22.4 Å². The Morgan fingerprint density at radius 3 is 2.26 bits per heavy atom. The molecular formula is C42H27N3S2. The molecule has 47 heavy (non-hydrogen) atoms. The van der Waals surface area contributed by atoms with Crippen molar-refractivity contribution in [2.45, 2.75) is 18.7 Å². The van der Waals surface area contributed by atoms with Crippen LogP contribution in [0, 0.1) is 13.8 Å². The second kappa shape index (κ2) is 10.1. The van der Waals surface area contributed by atoms with Crippen LogP contribution in [0.2, 0.25) is 0 Å². The SMILES string of the molecule is [2H]C([2H])([2H])c1ccc(-c2nc(N3Sc4ccc5ccccc5c4-c4c3c3sc5ccccc5c3c3ccccc43)nc3ccccc23)c(C)c1. The van der Waals surface area contributed by atoms with E-state index in [9.17, 15) is 0 Å². The van der Waals surface area contributed by atoms with Gasteiger partial charge in [-0.05, 0) is 71.0 Å². The summed E-state index contributed by atoms with van der Waals surface area (Å²) in [6, 6.07) is 43.9. The third-order valence-electron chi connectivity index (χ3n) is 9.30. The van der Waals surface area contributed by atoms with Gasteiger partial charge in [-0.25, -0.2) is 14.3 Å². The van der Waals surface area contributed by atoms with Gasteiger partial charge >= 0.3 is 0 Å². The molecule has 222 valence electrons. The fraction of sp³-hybridized carbons (Fsp3) is 0.0476. The number of aryl methyl sites for hydroxylation is 2. The number of benzene rings is 7. The summed E-state index contributed by atoms with van der Waals surface area (Å²) in [7, 11) is 0. The van der Waals surface area contributed by atoms with Crippen LogP contribution in [0.5, 0.6) is 0 Å². The van der Waals surface area contributed by atoms with E-state index in [-0.39, 0.29) is 0 Å². The van der Waals surface area contributed by atoms with Gasteiger partial charge in [0.25, 0.3) is 0 Å². The molecule has 1 aliphatic heterocycles. The van der Waals surface area contributed by atoms with Gasteiger partial charge in [0.2, 0.25) is 5.95 Å². The number of hydrogen-bond acceptors (Lipinski definition) is 5. The second-order valence-electron chi connectivity index (χ2n) is 12.0. The zero-order valence-electron chi connectivity index (χ0n) is 28.3. The molecule has 1 aliphatic rings. The zero-order chi connectivity index (χ0) is 33.7. The lowest BCUT2D eigenvalue weighted by molar-refractivity contribution is 1.16. The third-order valence-corrected chi connectivity index (χ3v) is 11.5. The Morgan fingerprint density at radius 1 is 0.660 bits per heavy atom. The summed E-state index contributed by atoms with van der Waals surface area (Å²) < 4.78 is 28.6. The normalized spacial score (nSPS) is 14.0. The minimum Gasteiger partial charge on any atom is -0.246 e. The Labute approximate surface area is 284 Å². The molecule has 0 fully saturated rings. The number of aromatic nitrogens is 2. The summed E-state index contributed by atoms with van der Waals surface area (Å²) in [5.74, 6) is 0.581. The highest BCUT2D eigenvalue weighted by molar-refractivity contribution is 8.01. The van der Waals surface area contributed by atoms with E-state index in [2.05, 4.69) is 89.2 Å². The molecule has 0 saturated carbocycles. The van der Waals surface area contributed by atoms with Crippen molar-refractivity contribution in [3.63, 3.8) is 0 Å². The topological polar surface area (TPSA) is 29.0 Å². The van der Waals surface area contributed by atoms with Crippen LogP contribution in [0.4, 0.5) is 11.6 Å². The lowest BCUT2D eigenvalue weighted by atomic mass is 9.90. The average molecular weight is 641 g/mol. The number of thiophene rings is 1. The van der Waals surface area contributed by atoms with Gasteiger partial charge in [0, 0.05) is 46.6 Å². The lowest BCUT2D eigenvalue weighted by Crippen LogP contribution is -2.16. The van der Waals surface area contributed by atoms with E-state index in [1.807, 2.05) is 48.6 Å². The van der Waals surface area contributed by atoms with Crippen LogP contribution in [-0.4, -0.2) is 9.97 Å². The largest absolute Gasteiger partial charge is 0.246 e. The molecule has 0 radical (unpaired) electrons. The van der Waals surface area contributed by atoms with Crippen molar-refractivity contribution >= 4 is 87.5 Å². The molecule has 0 spiro atoms. The molecule has 0 atom stereocenters. The van der Waals surface area contributed by atoms with E-state index >= 15 is 0 Å². The molecule has 10 rings (SSSR count). The first-order valence-corrected chi connectivity index (χ1v) is 17.2. The molecule has 9 aromatic rings. The number of anilines is 2. The second-order valence-corrected chi connectivity index (χ2v) is 14.1. The Balaban J connectivity index is 1.33. The first-order valence-electron chi connectivity index (χ1n) is 17.1. The summed E-state index contributed by atoms with van der Waals surface area (Å²) in [6.45, 7) is -0.230. The molecule has 2 aromatic heterocycles. The molecule has 3 heterocycles. The highest BCUT2D eigenvalue weighted by Gasteiger charge is 2.33. The van der Waals surface area contributed by atoms with Crippen molar-refractivity contribution in [1.29, 1.82) is 0 Å². The number of fused-ring (bicyclic) bond motifs is 13. The third kappa shape index (κ3) is 3.94. The van der Waals surface area contributed by atoms with Crippen molar-refractivity contribution in [2.24, 2.45) is 0 Å². The Bertz CT molecular complexity index is 2880. The van der Waals surface area contributed by atoms with E-state index < -0.39 is 6.85 Å². The standard InChI is InChI=1S/C42H27N3S2/c1-24-19-21-27(25(2)23-24)39-31-15-7-9-17-33(31)43-42(44-39)45-40-38(37-28-12-4-3-11-26(28)20-22-35(37)47-45)30-14-6-5-13-29(30)36-32-16-8-10-18-34(32)46-41(36)40/h3-23H,1-2H3/i1D3. The van der Waals surface area contributed by atoms with E-state index in [1.165, 1.54) is 52.8 Å². The van der Waals surface area contributed by atoms with Crippen LogP contribution in [-0.2, 0) is 0 Å². The number of hydrogen-bond donors (Lipinski definition) is 0. The fourth-order valence-corrected chi connectivity index (χ4v) is 9.63. The van der Waals surface area contributed by atoms with Crippen molar-refractivity contribution < 1.29 is 4.11 Å². The predicted octanol–water partition coefficient (Wildman–Crippen LogP) is 12.4. The number of nitrogens with zero attached hydrogens (tertiary/aromatic N) is 3. The molecule has 0 amide bonds. The van der Waals surface area contributed by atoms with Gasteiger partial charge in [0.05, 0.1) is 21.6 Å². The summed E-state index contributed by atoms with van der Waals surface area (Å²) in [4.78, 5) is 11.8. The smallest absolute Gasteiger partial charge is 0.241 e. The van der Waals surface area contributed by atoms with E-state index in [0.717, 1.165) is 38.3 Å². The van der Waals surface area contributed by atoms with Crippen LogP contribution in [0.1, 0.15) is 15.2 Å². The van der Waals surface area contributed by atoms with Gasteiger partial charge in [-0.3, -0.25) is 0 Å². The van der Waals surface area contributed by atoms with Gasteiger partial charge in [0.1, 0.15) is 0 Å². The molecule has 5 heteroatoms. The highest BCUT2D eigenvalue weighted by Crippen LogP contribution is 2.59. The molecule has 0 saturated heterocycles. The summed E-state index contributed by atoms with van der Waals surface area (Å²) >= 11 is 3.48. The van der Waals surface area contributed by atoms with E-state index in [0.29, 0.717) is 11.5 Å². The lowest BCUT2D eigenvalue weighted by Gasteiger charge is -2.32. The van der Waals surface area contributed by atoms with Crippen LogP contribution in [0.25, 0.3) is 75.0 Å². The minimum absolute atomic E-state index is 0.320. The van der Waals surface area contributed by atoms with Crippen LogP contribution in [0.3, 0.4) is 0 Å². The zero-order valence-corrected chi connectivity index (χ0v) is 26.9. The van der Waals surface area contributed by atoms with E-state index in [4.69, 9.17) is 14.1 Å². The quantitative estimate of drug-likeness (QED) is 0.176. The molecular weight excluding hydrogens is 611 g/mol. The maximum absolute atomic E-state index is 7.99. The van der Waals surface area contributed by atoms with E-state index in [1.54, 1.807) is 24.1 Å². The summed E-state index contributed by atoms with van der Waals surface area (Å²) in [5.41, 5.74) is 7.16. The fourth-order valence-electron chi connectivity index (χ4n) is 7.25. The average Bonchev–Trinajstić information content (AvgIpc) is 3.53. The molecule has 0 N–H and O–H groups in total. The molecule has 0 aliphatic carbocycles. The van der Waals surface area contributed by atoms with Gasteiger partial charge in [-0.1, -0.05) is 115 Å². The highest BCUT2D eigenvalue weighted by atomic mass is 32.2. The van der Waals surface area contributed by atoms with Crippen LogP contribution >= 0.6 is 23.3 Å². The van der Waals surface area contributed by atoms with Gasteiger partial charge in [-0.15, -0.1) is 11.3 Å². The predicted molar refractivity (Wildman–Crippen MR) is 202 cm³/mol. The van der Waals surface area contributed by atoms with Crippen molar-refractivity contribution in [2.75, 3.05) is 4.31 Å². The molecule has 7 aromatic carbocycles. The minimum atomic E-state index is -2.19. The van der Waals surface area contributed by atoms with Crippen molar-refractivity contribution in [1.82, 2.24) is 9.97 Å². The first kappa shape index (κ1) is 24.0. The Hall–Kier alpha value is -5.23. The van der Waals surface area contributed by atoms with Gasteiger partial charge in [0.15, 0.2) is 0 Å². The number of para-hydroxylation sites is 1. The molecule has 0 bridgehead atoms. The Morgan fingerprint density at radius 2 is 1.40 bits per heavy atom.